The third-order valence-corrected chi connectivity index (χ3v) is 3.45. The fourth-order valence-electron chi connectivity index (χ4n) is 2.63. The molecule has 0 bridgehead atoms. The Morgan fingerprint density at radius 1 is 0.905 bits per heavy atom. The van der Waals surface area contributed by atoms with E-state index in [4.69, 9.17) is 0 Å². The van der Waals surface area contributed by atoms with Crippen LogP contribution in [0, 0.1) is 5.41 Å². The molecule has 0 rings (SSSR count). The molecule has 1 unspecified atom stereocenters. The van der Waals surface area contributed by atoms with Crippen LogP contribution in [-0.2, 0) is 0 Å². The van der Waals surface area contributed by atoms with Crippen molar-refractivity contribution in [2.24, 2.45) is 5.41 Å². The molecule has 0 saturated heterocycles. The van der Waals surface area contributed by atoms with Crippen LogP contribution in [0.15, 0.2) is 0 Å². The van der Waals surface area contributed by atoms with Crippen molar-refractivity contribution in [3.8, 4) is 0 Å². The van der Waals surface area contributed by atoms with Crippen molar-refractivity contribution in [1.82, 2.24) is 10.2 Å². The first-order chi connectivity index (χ1) is 9.41. The van der Waals surface area contributed by atoms with Crippen LogP contribution >= 0.6 is 0 Å². The fraction of sp³-hybridized carbons (Fsp3) is 1.00. The molecule has 0 heterocycles. The van der Waals surface area contributed by atoms with Crippen LogP contribution < -0.4 is 5.32 Å². The average molecular weight is 310 g/mol. The zero-order valence-electron chi connectivity index (χ0n) is 14.5. The van der Waals surface area contributed by atoms with Gasteiger partial charge in [-0.15, -0.1) is 0 Å². The smallest absolute Gasteiger partial charge is 0.311 e. The second kappa shape index (κ2) is 8.37. The summed E-state index contributed by atoms with van der Waals surface area (Å²) in [6, 6.07) is 0. The Kier molecular flexibility index (Phi) is 8.26. The van der Waals surface area contributed by atoms with E-state index in [0.29, 0.717) is 13.1 Å². The standard InChI is InChI=1S/C16H33F3N2/c1-7-9-15(6,11-20-14(3,4)5)12-21(10-8-2)13-16(17,18)19/h20H,7-13H2,1-6H3. The Labute approximate surface area is 128 Å². The first kappa shape index (κ1) is 20.7. The van der Waals surface area contributed by atoms with Crippen LogP contribution in [-0.4, -0.2) is 42.8 Å². The number of hydrogen-bond acceptors (Lipinski definition) is 2. The molecule has 0 aromatic rings. The molecule has 1 N–H and O–H groups in total. The quantitative estimate of drug-likeness (QED) is 0.676. The molecule has 1 atom stereocenters. The summed E-state index contributed by atoms with van der Waals surface area (Å²) in [4.78, 5) is 1.56. The molecule has 0 aliphatic heterocycles. The summed E-state index contributed by atoms with van der Waals surface area (Å²) >= 11 is 0. The maximum Gasteiger partial charge on any atom is 0.401 e. The van der Waals surface area contributed by atoms with Gasteiger partial charge >= 0.3 is 6.18 Å². The van der Waals surface area contributed by atoms with E-state index in [0.717, 1.165) is 25.8 Å². The minimum atomic E-state index is -4.13. The van der Waals surface area contributed by atoms with Crippen molar-refractivity contribution < 1.29 is 13.2 Å². The van der Waals surface area contributed by atoms with Crippen LogP contribution in [0.4, 0.5) is 13.2 Å². The maximum atomic E-state index is 12.7. The van der Waals surface area contributed by atoms with Crippen molar-refractivity contribution in [3.63, 3.8) is 0 Å². The van der Waals surface area contributed by atoms with Gasteiger partial charge in [0, 0.05) is 18.6 Å². The highest BCUT2D eigenvalue weighted by atomic mass is 19.4. The van der Waals surface area contributed by atoms with Crippen LogP contribution in [0.3, 0.4) is 0 Å². The molecule has 0 radical (unpaired) electrons. The molecule has 128 valence electrons. The van der Waals surface area contributed by atoms with Gasteiger partial charge in [-0.05, 0) is 45.6 Å². The van der Waals surface area contributed by atoms with E-state index in [1.54, 1.807) is 4.90 Å². The molecule has 0 aliphatic rings. The Hall–Kier alpha value is -0.290. The van der Waals surface area contributed by atoms with Gasteiger partial charge in [-0.1, -0.05) is 27.2 Å². The maximum absolute atomic E-state index is 12.7. The van der Waals surface area contributed by atoms with Crippen LogP contribution in [0.25, 0.3) is 0 Å². The van der Waals surface area contributed by atoms with Crippen molar-refractivity contribution in [2.75, 3.05) is 26.2 Å². The molecule has 21 heavy (non-hydrogen) atoms. The Bertz CT molecular complexity index is 284. The summed E-state index contributed by atoms with van der Waals surface area (Å²) in [5, 5.41) is 3.45. The number of hydrogen-bond donors (Lipinski definition) is 1. The van der Waals surface area contributed by atoms with E-state index in [1.165, 1.54) is 0 Å². The van der Waals surface area contributed by atoms with Crippen molar-refractivity contribution >= 4 is 0 Å². The molecule has 5 heteroatoms. The third kappa shape index (κ3) is 11.0. The minimum Gasteiger partial charge on any atom is -0.311 e. The number of halogens is 3. The summed E-state index contributed by atoms with van der Waals surface area (Å²) in [7, 11) is 0. The molecular formula is C16H33F3N2. The van der Waals surface area contributed by atoms with Crippen molar-refractivity contribution in [2.45, 2.75) is 72.5 Å². The van der Waals surface area contributed by atoms with Gasteiger partial charge in [0.1, 0.15) is 0 Å². The highest BCUT2D eigenvalue weighted by molar-refractivity contribution is 4.84. The van der Waals surface area contributed by atoms with Gasteiger partial charge in [0.15, 0.2) is 0 Å². The first-order valence-electron chi connectivity index (χ1n) is 7.95. The summed E-state index contributed by atoms with van der Waals surface area (Å²) in [6.45, 7) is 13.3. The molecule has 0 spiro atoms. The first-order valence-corrected chi connectivity index (χ1v) is 7.95. The Balaban J connectivity index is 4.81. The van der Waals surface area contributed by atoms with Crippen molar-refractivity contribution in [1.29, 1.82) is 0 Å². The number of nitrogens with zero attached hydrogens (tertiary/aromatic N) is 1. The molecular weight excluding hydrogens is 277 g/mol. The number of alkyl halides is 3. The monoisotopic (exact) mass is 310 g/mol. The van der Waals surface area contributed by atoms with E-state index in [-0.39, 0.29) is 11.0 Å². The summed E-state index contributed by atoms with van der Waals surface area (Å²) < 4.78 is 38.1. The van der Waals surface area contributed by atoms with Gasteiger partial charge < -0.3 is 5.32 Å². The Morgan fingerprint density at radius 3 is 1.86 bits per heavy atom. The summed E-state index contributed by atoms with van der Waals surface area (Å²) in [5.41, 5.74) is -0.156. The lowest BCUT2D eigenvalue weighted by Gasteiger charge is -2.38. The summed E-state index contributed by atoms with van der Waals surface area (Å²) in [6.07, 6.45) is -1.48. The zero-order chi connectivity index (χ0) is 16.7. The van der Waals surface area contributed by atoms with Gasteiger partial charge in [-0.2, -0.15) is 13.2 Å². The predicted octanol–water partition coefficient (Wildman–Crippen LogP) is 4.46. The third-order valence-electron chi connectivity index (χ3n) is 3.45. The molecule has 0 aromatic carbocycles. The van der Waals surface area contributed by atoms with Gasteiger partial charge in [0.2, 0.25) is 0 Å². The number of rotatable bonds is 9. The Morgan fingerprint density at radius 2 is 1.48 bits per heavy atom. The minimum absolute atomic E-state index is 0.0192. The average Bonchev–Trinajstić information content (AvgIpc) is 2.24. The topological polar surface area (TPSA) is 15.3 Å². The van der Waals surface area contributed by atoms with E-state index >= 15 is 0 Å². The van der Waals surface area contributed by atoms with Crippen LogP contribution in [0.2, 0.25) is 0 Å². The molecule has 0 amide bonds. The molecule has 0 fully saturated rings. The summed E-state index contributed by atoms with van der Waals surface area (Å²) in [5.74, 6) is 0. The van der Waals surface area contributed by atoms with Crippen LogP contribution in [0.1, 0.15) is 60.8 Å². The van der Waals surface area contributed by atoms with Gasteiger partial charge in [0.25, 0.3) is 0 Å². The van der Waals surface area contributed by atoms with Gasteiger partial charge in [-0.3, -0.25) is 4.90 Å². The van der Waals surface area contributed by atoms with E-state index in [1.807, 2.05) is 6.92 Å². The van der Waals surface area contributed by atoms with Crippen LogP contribution in [0.5, 0.6) is 0 Å². The highest BCUT2D eigenvalue weighted by Crippen LogP contribution is 2.27. The van der Waals surface area contributed by atoms with Crippen molar-refractivity contribution in [3.05, 3.63) is 0 Å². The molecule has 2 nitrogen and oxygen atoms in total. The van der Waals surface area contributed by atoms with Gasteiger partial charge in [-0.25, -0.2) is 0 Å². The lowest BCUT2D eigenvalue weighted by molar-refractivity contribution is -0.149. The molecule has 0 aromatic heterocycles. The fourth-order valence-corrected chi connectivity index (χ4v) is 2.63. The number of nitrogens with one attached hydrogen (secondary N) is 1. The normalized spacial score (nSPS) is 16.3. The predicted molar refractivity (Wildman–Crippen MR) is 83.6 cm³/mol. The van der Waals surface area contributed by atoms with E-state index < -0.39 is 12.7 Å². The second-order valence-electron chi connectivity index (χ2n) is 7.49. The lowest BCUT2D eigenvalue weighted by Crippen LogP contribution is -2.49. The van der Waals surface area contributed by atoms with Gasteiger partial charge in [0.05, 0.1) is 6.54 Å². The molecule has 0 aliphatic carbocycles. The highest BCUT2D eigenvalue weighted by Gasteiger charge is 2.34. The lowest BCUT2D eigenvalue weighted by atomic mass is 9.84. The largest absolute Gasteiger partial charge is 0.401 e. The van der Waals surface area contributed by atoms with E-state index in [2.05, 4.69) is 39.9 Å². The SMILES string of the molecule is CCCN(CC(F)(F)F)CC(C)(CCC)CNC(C)(C)C. The second-order valence-corrected chi connectivity index (χ2v) is 7.49. The van der Waals surface area contributed by atoms with E-state index in [9.17, 15) is 13.2 Å². The molecule has 0 saturated carbocycles. The zero-order valence-corrected chi connectivity index (χ0v) is 14.5.